The summed E-state index contributed by atoms with van der Waals surface area (Å²) in [5, 5.41) is 8.95. The lowest BCUT2D eigenvalue weighted by atomic mass is 10.2. The molecule has 0 bridgehead atoms. The van der Waals surface area contributed by atoms with Gasteiger partial charge in [-0.15, -0.1) is 11.3 Å². The first kappa shape index (κ1) is 13.5. The van der Waals surface area contributed by atoms with E-state index in [0.29, 0.717) is 17.1 Å². The highest BCUT2D eigenvalue weighted by Gasteiger charge is 2.14. The Morgan fingerprint density at radius 3 is 2.68 bits per heavy atom. The number of carboxylic acids is 1. The molecule has 0 spiro atoms. The van der Waals surface area contributed by atoms with Gasteiger partial charge in [-0.05, 0) is 30.7 Å². The predicted molar refractivity (Wildman–Crippen MR) is 74.5 cm³/mol. The summed E-state index contributed by atoms with van der Waals surface area (Å²) in [6.45, 7) is 2.36. The molecular weight excluding hydrogens is 265 g/mol. The number of hydrogen-bond acceptors (Lipinski definition) is 3. The molecule has 0 saturated carbocycles. The van der Waals surface area contributed by atoms with Gasteiger partial charge in [-0.1, -0.05) is 12.1 Å². The molecule has 1 aromatic carbocycles. The number of nitrogens with zero attached hydrogens (tertiary/aromatic N) is 1. The average Bonchev–Trinajstić information content (AvgIpc) is 2.71. The minimum Gasteiger partial charge on any atom is -0.477 e. The van der Waals surface area contributed by atoms with E-state index >= 15 is 0 Å². The van der Waals surface area contributed by atoms with E-state index in [0.717, 1.165) is 10.4 Å². The number of thiophene rings is 1. The van der Waals surface area contributed by atoms with Crippen LogP contribution in [0.1, 0.15) is 20.1 Å². The van der Waals surface area contributed by atoms with Gasteiger partial charge in [0.2, 0.25) is 0 Å². The van der Waals surface area contributed by atoms with Gasteiger partial charge in [0, 0.05) is 18.5 Å². The number of aryl methyl sites for hydroxylation is 1. The van der Waals surface area contributed by atoms with Crippen molar-refractivity contribution in [1.82, 2.24) is 0 Å². The van der Waals surface area contributed by atoms with Crippen LogP contribution in [0.3, 0.4) is 0 Å². The maximum atomic E-state index is 13.6. The van der Waals surface area contributed by atoms with E-state index in [-0.39, 0.29) is 5.82 Å². The van der Waals surface area contributed by atoms with Gasteiger partial charge in [0.05, 0.1) is 5.69 Å². The van der Waals surface area contributed by atoms with Gasteiger partial charge < -0.3 is 10.0 Å². The summed E-state index contributed by atoms with van der Waals surface area (Å²) in [6, 6.07) is 8.19. The molecule has 0 unspecified atom stereocenters. The van der Waals surface area contributed by atoms with Crippen LogP contribution >= 0.6 is 11.3 Å². The van der Waals surface area contributed by atoms with Crippen molar-refractivity contribution in [2.75, 3.05) is 11.9 Å². The van der Waals surface area contributed by atoms with E-state index in [1.165, 1.54) is 17.4 Å². The van der Waals surface area contributed by atoms with Crippen molar-refractivity contribution in [3.63, 3.8) is 0 Å². The summed E-state index contributed by atoms with van der Waals surface area (Å²) < 4.78 is 13.6. The molecule has 2 rings (SSSR count). The number of carboxylic acid groups (broad SMARTS) is 1. The zero-order chi connectivity index (χ0) is 14.0. The number of aromatic carboxylic acids is 1. The van der Waals surface area contributed by atoms with Crippen molar-refractivity contribution in [1.29, 1.82) is 0 Å². The SMILES string of the molecule is Cc1sc(C(=O)O)cc1CN(C)c1ccccc1F. The van der Waals surface area contributed by atoms with Crippen LogP contribution in [0.15, 0.2) is 30.3 Å². The Hall–Kier alpha value is -1.88. The van der Waals surface area contributed by atoms with E-state index in [2.05, 4.69) is 0 Å². The van der Waals surface area contributed by atoms with Crippen LogP contribution in [0.5, 0.6) is 0 Å². The normalized spacial score (nSPS) is 10.5. The first-order chi connectivity index (χ1) is 8.99. The number of para-hydroxylation sites is 1. The fourth-order valence-electron chi connectivity index (χ4n) is 1.88. The maximum absolute atomic E-state index is 13.6. The van der Waals surface area contributed by atoms with Crippen molar-refractivity contribution < 1.29 is 14.3 Å². The van der Waals surface area contributed by atoms with Crippen LogP contribution < -0.4 is 4.90 Å². The number of anilines is 1. The zero-order valence-electron chi connectivity index (χ0n) is 10.7. The fraction of sp³-hybridized carbons (Fsp3) is 0.214. The molecule has 0 fully saturated rings. The summed E-state index contributed by atoms with van der Waals surface area (Å²) in [6.07, 6.45) is 0. The predicted octanol–water partition coefficient (Wildman–Crippen LogP) is 3.53. The lowest BCUT2D eigenvalue weighted by Crippen LogP contribution is -2.17. The van der Waals surface area contributed by atoms with Crippen LogP contribution in [0.25, 0.3) is 0 Å². The molecule has 1 heterocycles. The molecule has 100 valence electrons. The second-order valence-electron chi connectivity index (χ2n) is 4.30. The summed E-state index contributed by atoms with van der Waals surface area (Å²) in [7, 11) is 1.79. The third kappa shape index (κ3) is 2.93. The number of benzene rings is 1. The minimum absolute atomic E-state index is 0.281. The lowest BCUT2D eigenvalue weighted by Gasteiger charge is -2.19. The van der Waals surface area contributed by atoms with Gasteiger partial charge in [-0.3, -0.25) is 0 Å². The third-order valence-corrected chi connectivity index (χ3v) is 3.98. The largest absolute Gasteiger partial charge is 0.477 e. The van der Waals surface area contributed by atoms with Crippen LogP contribution in [-0.4, -0.2) is 18.1 Å². The Bertz CT molecular complexity index is 609. The van der Waals surface area contributed by atoms with E-state index in [9.17, 15) is 9.18 Å². The topological polar surface area (TPSA) is 40.5 Å². The minimum atomic E-state index is -0.923. The summed E-state index contributed by atoms with van der Waals surface area (Å²) in [5.74, 6) is -1.20. The molecule has 1 aromatic heterocycles. The van der Waals surface area contributed by atoms with Crippen LogP contribution in [0.2, 0.25) is 0 Å². The Labute approximate surface area is 114 Å². The molecule has 0 amide bonds. The highest BCUT2D eigenvalue weighted by molar-refractivity contribution is 7.14. The molecule has 5 heteroatoms. The van der Waals surface area contributed by atoms with E-state index in [4.69, 9.17) is 5.11 Å². The number of hydrogen-bond donors (Lipinski definition) is 1. The van der Waals surface area contributed by atoms with Crippen molar-refractivity contribution in [2.45, 2.75) is 13.5 Å². The second-order valence-corrected chi connectivity index (χ2v) is 5.56. The molecular formula is C14H14FNO2S. The van der Waals surface area contributed by atoms with E-state index in [1.54, 1.807) is 36.2 Å². The molecule has 0 saturated heterocycles. The summed E-state index contributed by atoms with van der Waals surface area (Å²) in [4.78, 5) is 13.9. The number of halogens is 1. The van der Waals surface area contributed by atoms with Gasteiger partial charge in [-0.25, -0.2) is 9.18 Å². The van der Waals surface area contributed by atoms with Crippen LogP contribution in [-0.2, 0) is 6.54 Å². The third-order valence-electron chi connectivity index (χ3n) is 2.90. The van der Waals surface area contributed by atoms with Crippen LogP contribution in [0.4, 0.5) is 10.1 Å². The standard InChI is InChI=1S/C14H14FNO2S/c1-9-10(7-13(19-9)14(17)18)8-16(2)12-6-4-3-5-11(12)15/h3-7H,8H2,1-2H3,(H,17,18). The Balaban J connectivity index is 2.22. The zero-order valence-corrected chi connectivity index (χ0v) is 11.5. The van der Waals surface area contributed by atoms with Gasteiger partial charge >= 0.3 is 5.97 Å². The molecule has 0 radical (unpaired) electrons. The fourth-order valence-corrected chi connectivity index (χ4v) is 2.76. The molecule has 1 N–H and O–H groups in total. The highest BCUT2D eigenvalue weighted by Crippen LogP contribution is 2.25. The average molecular weight is 279 g/mol. The summed E-state index contributed by atoms with van der Waals surface area (Å²) in [5.41, 5.74) is 1.41. The molecule has 19 heavy (non-hydrogen) atoms. The molecule has 2 aromatic rings. The highest BCUT2D eigenvalue weighted by atomic mass is 32.1. The number of rotatable bonds is 4. The van der Waals surface area contributed by atoms with Crippen molar-refractivity contribution >= 4 is 23.0 Å². The van der Waals surface area contributed by atoms with Gasteiger partial charge in [0.15, 0.2) is 0 Å². The van der Waals surface area contributed by atoms with Crippen molar-refractivity contribution in [3.8, 4) is 0 Å². The number of carbonyl (C=O) groups is 1. The monoisotopic (exact) mass is 279 g/mol. The maximum Gasteiger partial charge on any atom is 0.345 e. The van der Waals surface area contributed by atoms with Crippen molar-refractivity contribution in [2.24, 2.45) is 0 Å². The second kappa shape index (κ2) is 5.40. The van der Waals surface area contributed by atoms with E-state index < -0.39 is 5.97 Å². The quantitative estimate of drug-likeness (QED) is 0.930. The Kier molecular flexibility index (Phi) is 3.85. The lowest BCUT2D eigenvalue weighted by molar-refractivity contribution is 0.0702. The molecule has 0 aliphatic heterocycles. The smallest absolute Gasteiger partial charge is 0.345 e. The first-order valence-corrected chi connectivity index (χ1v) is 6.59. The van der Waals surface area contributed by atoms with Crippen molar-refractivity contribution in [3.05, 3.63) is 51.5 Å². The first-order valence-electron chi connectivity index (χ1n) is 5.77. The molecule has 0 atom stereocenters. The van der Waals surface area contributed by atoms with Crippen LogP contribution in [0, 0.1) is 12.7 Å². The Morgan fingerprint density at radius 2 is 2.11 bits per heavy atom. The Morgan fingerprint density at radius 1 is 1.42 bits per heavy atom. The molecule has 0 aliphatic carbocycles. The molecule has 3 nitrogen and oxygen atoms in total. The van der Waals surface area contributed by atoms with Gasteiger partial charge in [-0.2, -0.15) is 0 Å². The molecule has 0 aliphatic rings. The van der Waals surface area contributed by atoms with E-state index in [1.807, 2.05) is 6.92 Å². The summed E-state index contributed by atoms with van der Waals surface area (Å²) >= 11 is 1.24. The van der Waals surface area contributed by atoms with Gasteiger partial charge in [0.25, 0.3) is 0 Å². The van der Waals surface area contributed by atoms with Gasteiger partial charge in [0.1, 0.15) is 10.7 Å².